The number of alkyl halides is 2. The zero-order valence-corrected chi connectivity index (χ0v) is 12.2. The van der Waals surface area contributed by atoms with E-state index in [1.807, 2.05) is 26.8 Å². The van der Waals surface area contributed by atoms with Gasteiger partial charge in [0.15, 0.2) is 0 Å². The van der Waals surface area contributed by atoms with Gasteiger partial charge >= 0.3 is 6.61 Å². The lowest BCUT2D eigenvalue weighted by Crippen LogP contribution is -2.22. The van der Waals surface area contributed by atoms with Crippen LogP contribution in [0.5, 0.6) is 5.75 Å². The lowest BCUT2D eigenvalue weighted by molar-refractivity contribution is -0.0506. The zero-order valence-electron chi connectivity index (χ0n) is 12.2. The molecule has 0 bridgehead atoms. The van der Waals surface area contributed by atoms with Crippen LogP contribution in [0.25, 0.3) is 0 Å². The summed E-state index contributed by atoms with van der Waals surface area (Å²) in [6.45, 7) is 4.56. The summed E-state index contributed by atoms with van der Waals surface area (Å²) in [6, 6.07) is 6.80. The minimum atomic E-state index is -2.80. The van der Waals surface area contributed by atoms with E-state index in [-0.39, 0.29) is 17.9 Å². The van der Waals surface area contributed by atoms with Crippen molar-refractivity contribution in [3.05, 3.63) is 29.8 Å². The Morgan fingerprint density at radius 2 is 1.85 bits per heavy atom. The molecule has 0 aliphatic rings. The Labute approximate surface area is 119 Å². The van der Waals surface area contributed by atoms with Crippen LogP contribution in [0.15, 0.2) is 24.3 Å². The number of ether oxygens (including phenoxy) is 2. The molecule has 3 nitrogen and oxygen atoms in total. The molecule has 0 spiro atoms. The molecule has 20 heavy (non-hydrogen) atoms. The highest BCUT2D eigenvalue weighted by molar-refractivity contribution is 5.35. The maximum Gasteiger partial charge on any atom is 0.387 e. The minimum Gasteiger partial charge on any atom is -0.434 e. The second-order valence-corrected chi connectivity index (χ2v) is 4.87. The van der Waals surface area contributed by atoms with Crippen LogP contribution in [0.3, 0.4) is 0 Å². The number of rotatable bonds is 9. The SMILES string of the molecule is CC(C)OCCCNC(C)c1ccccc1OC(F)F. The number of hydrogen-bond acceptors (Lipinski definition) is 3. The third-order valence-electron chi connectivity index (χ3n) is 2.82. The highest BCUT2D eigenvalue weighted by Gasteiger charge is 2.13. The first-order chi connectivity index (χ1) is 9.50. The highest BCUT2D eigenvalue weighted by atomic mass is 19.3. The van der Waals surface area contributed by atoms with Crippen LogP contribution < -0.4 is 10.1 Å². The molecule has 0 aliphatic carbocycles. The summed E-state index contributed by atoms with van der Waals surface area (Å²) >= 11 is 0. The van der Waals surface area contributed by atoms with Crippen LogP contribution in [-0.2, 0) is 4.74 Å². The lowest BCUT2D eigenvalue weighted by Gasteiger charge is -2.18. The molecule has 5 heteroatoms. The summed E-state index contributed by atoms with van der Waals surface area (Å²) in [5, 5.41) is 3.28. The molecule has 1 atom stereocenters. The van der Waals surface area contributed by atoms with Gasteiger partial charge in [0.25, 0.3) is 0 Å². The van der Waals surface area contributed by atoms with E-state index in [4.69, 9.17) is 4.74 Å². The topological polar surface area (TPSA) is 30.5 Å². The molecule has 0 saturated carbocycles. The van der Waals surface area contributed by atoms with Gasteiger partial charge in [0, 0.05) is 18.2 Å². The molecule has 0 saturated heterocycles. The van der Waals surface area contributed by atoms with E-state index < -0.39 is 6.61 Å². The maximum absolute atomic E-state index is 12.3. The van der Waals surface area contributed by atoms with Crippen LogP contribution in [0.2, 0.25) is 0 Å². The molecular weight excluding hydrogens is 264 g/mol. The summed E-state index contributed by atoms with van der Waals surface area (Å²) < 4.78 is 34.6. The van der Waals surface area contributed by atoms with Gasteiger partial charge in [0.2, 0.25) is 0 Å². The van der Waals surface area contributed by atoms with Crippen LogP contribution in [-0.4, -0.2) is 25.9 Å². The summed E-state index contributed by atoms with van der Waals surface area (Å²) in [7, 11) is 0. The quantitative estimate of drug-likeness (QED) is 0.702. The van der Waals surface area contributed by atoms with Gasteiger partial charge in [-0.2, -0.15) is 8.78 Å². The smallest absolute Gasteiger partial charge is 0.387 e. The van der Waals surface area contributed by atoms with Gasteiger partial charge in [0.1, 0.15) is 5.75 Å². The van der Waals surface area contributed by atoms with Crippen molar-refractivity contribution in [2.45, 2.75) is 45.9 Å². The van der Waals surface area contributed by atoms with Gasteiger partial charge in [0.05, 0.1) is 6.10 Å². The van der Waals surface area contributed by atoms with Crippen LogP contribution in [0.4, 0.5) is 8.78 Å². The standard InChI is InChI=1S/C15H23F2NO2/c1-11(2)19-10-6-9-18-12(3)13-7-4-5-8-14(13)20-15(16)17/h4-5,7-8,11-12,15,18H,6,9-10H2,1-3H3. The van der Waals surface area contributed by atoms with Crippen molar-refractivity contribution in [3.8, 4) is 5.75 Å². The molecule has 114 valence electrons. The van der Waals surface area contributed by atoms with E-state index in [1.165, 1.54) is 0 Å². The summed E-state index contributed by atoms with van der Waals surface area (Å²) in [6.07, 6.45) is 1.10. The Morgan fingerprint density at radius 3 is 2.50 bits per heavy atom. The van der Waals surface area contributed by atoms with Crippen molar-refractivity contribution < 1.29 is 18.3 Å². The molecule has 0 amide bonds. The third kappa shape index (κ3) is 6.30. The second kappa shape index (κ2) is 8.87. The van der Waals surface area contributed by atoms with E-state index in [0.29, 0.717) is 6.61 Å². The Morgan fingerprint density at radius 1 is 1.15 bits per heavy atom. The third-order valence-corrected chi connectivity index (χ3v) is 2.82. The van der Waals surface area contributed by atoms with Crippen molar-refractivity contribution in [2.75, 3.05) is 13.2 Å². The van der Waals surface area contributed by atoms with Crippen molar-refractivity contribution in [1.82, 2.24) is 5.32 Å². The maximum atomic E-state index is 12.3. The van der Waals surface area contributed by atoms with Gasteiger partial charge in [-0.15, -0.1) is 0 Å². The summed E-state index contributed by atoms with van der Waals surface area (Å²) in [5.41, 5.74) is 0.734. The molecule has 0 aromatic heterocycles. The van der Waals surface area contributed by atoms with Gasteiger partial charge in [-0.05, 0) is 39.8 Å². The first-order valence-electron chi connectivity index (χ1n) is 6.89. The van der Waals surface area contributed by atoms with Gasteiger partial charge < -0.3 is 14.8 Å². The molecule has 0 radical (unpaired) electrons. The minimum absolute atomic E-state index is 0.0519. The average molecular weight is 287 g/mol. The number of halogens is 2. The number of nitrogens with one attached hydrogen (secondary N) is 1. The molecule has 1 rings (SSSR count). The second-order valence-electron chi connectivity index (χ2n) is 4.87. The largest absolute Gasteiger partial charge is 0.434 e. The van der Waals surface area contributed by atoms with Gasteiger partial charge in [-0.3, -0.25) is 0 Å². The predicted octanol–water partition coefficient (Wildman–Crippen LogP) is 3.75. The van der Waals surface area contributed by atoms with E-state index in [9.17, 15) is 8.78 Å². The Hall–Kier alpha value is -1.20. The predicted molar refractivity (Wildman–Crippen MR) is 75.2 cm³/mol. The van der Waals surface area contributed by atoms with Crippen molar-refractivity contribution in [1.29, 1.82) is 0 Å². The van der Waals surface area contributed by atoms with Crippen molar-refractivity contribution in [3.63, 3.8) is 0 Å². The van der Waals surface area contributed by atoms with Crippen LogP contribution in [0.1, 0.15) is 38.8 Å². The van der Waals surface area contributed by atoms with Gasteiger partial charge in [-0.1, -0.05) is 18.2 Å². The summed E-state index contributed by atoms with van der Waals surface area (Å²) in [5.74, 6) is 0.223. The van der Waals surface area contributed by atoms with E-state index in [1.54, 1.807) is 18.2 Å². The molecular formula is C15H23F2NO2. The first-order valence-corrected chi connectivity index (χ1v) is 6.89. The Kier molecular flexibility index (Phi) is 7.47. The number of benzene rings is 1. The molecule has 0 fully saturated rings. The van der Waals surface area contributed by atoms with Crippen molar-refractivity contribution in [2.24, 2.45) is 0 Å². The molecule has 1 unspecified atom stereocenters. The fourth-order valence-corrected chi connectivity index (χ4v) is 1.86. The first kappa shape index (κ1) is 16.9. The highest BCUT2D eigenvalue weighted by Crippen LogP contribution is 2.26. The van der Waals surface area contributed by atoms with E-state index in [0.717, 1.165) is 18.5 Å². The average Bonchev–Trinajstić information content (AvgIpc) is 2.37. The fraction of sp³-hybridized carbons (Fsp3) is 0.600. The number of para-hydroxylation sites is 1. The molecule has 0 heterocycles. The zero-order chi connectivity index (χ0) is 15.0. The lowest BCUT2D eigenvalue weighted by atomic mass is 10.1. The van der Waals surface area contributed by atoms with Crippen LogP contribution >= 0.6 is 0 Å². The van der Waals surface area contributed by atoms with Crippen LogP contribution in [0, 0.1) is 0 Å². The Bertz CT molecular complexity index is 386. The normalized spacial score (nSPS) is 12.9. The molecule has 0 aliphatic heterocycles. The Balaban J connectivity index is 2.44. The molecule has 1 aromatic carbocycles. The molecule has 1 N–H and O–H groups in total. The van der Waals surface area contributed by atoms with Gasteiger partial charge in [-0.25, -0.2) is 0 Å². The summed E-state index contributed by atoms with van der Waals surface area (Å²) in [4.78, 5) is 0. The molecule has 1 aromatic rings. The monoisotopic (exact) mass is 287 g/mol. The number of hydrogen-bond donors (Lipinski definition) is 1. The van der Waals surface area contributed by atoms with Crippen molar-refractivity contribution >= 4 is 0 Å². The van der Waals surface area contributed by atoms with E-state index in [2.05, 4.69) is 10.1 Å². The van der Waals surface area contributed by atoms with E-state index >= 15 is 0 Å². The fourth-order valence-electron chi connectivity index (χ4n) is 1.86.